The van der Waals surface area contributed by atoms with Crippen molar-refractivity contribution in [2.24, 2.45) is 0 Å². The predicted molar refractivity (Wildman–Crippen MR) is 147 cm³/mol. The Balaban J connectivity index is 1.50. The molecule has 1 aliphatic rings. The summed E-state index contributed by atoms with van der Waals surface area (Å²) in [5.74, 6) is 0.0823. The lowest BCUT2D eigenvalue weighted by Gasteiger charge is -2.18. The van der Waals surface area contributed by atoms with Gasteiger partial charge in [0, 0.05) is 46.6 Å². The van der Waals surface area contributed by atoms with Crippen molar-refractivity contribution >= 4 is 63.0 Å². The molecule has 0 bridgehead atoms. The fourth-order valence-electron chi connectivity index (χ4n) is 4.21. The topological polar surface area (TPSA) is 17.1 Å². The van der Waals surface area contributed by atoms with Gasteiger partial charge in [-0.1, -0.05) is 48.2 Å². The number of hydrogen-bond donors (Lipinski definition) is 0. The summed E-state index contributed by atoms with van der Waals surface area (Å²) in [7, 11) is 0. The van der Waals surface area contributed by atoms with Crippen molar-refractivity contribution in [3.8, 4) is 19.5 Å². The maximum absolute atomic E-state index is 13.4. The standard InChI is InChI=1S/C26H21OPS4/c1-16-17(2)26(24(27)18-8-5-4-6-9-18)28(3,29)25(16)23-14-13-22(32-23)21-12-11-20(31-21)19-10-7-15-30-19/h4-15H,1-3H3. The van der Waals surface area contributed by atoms with E-state index in [2.05, 4.69) is 62.3 Å². The molecule has 1 unspecified atom stereocenters. The molecular weight excluding hydrogens is 488 g/mol. The highest BCUT2D eigenvalue weighted by Crippen LogP contribution is 2.70. The van der Waals surface area contributed by atoms with Gasteiger partial charge >= 0.3 is 0 Å². The Morgan fingerprint density at radius 2 is 1.34 bits per heavy atom. The molecule has 0 aliphatic carbocycles. The van der Waals surface area contributed by atoms with Crippen LogP contribution in [-0.4, -0.2) is 12.4 Å². The maximum atomic E-state index is 13.4. The van der Waals surface area contributed by atoms with Crippen LogP contribution in [-0.2, 0) is 11.8 Å². The summed E-state index contributed by atoms with van der Waals surface area (Å²) in [6.07, 6.45) is 0. The van der Waals surface area contributed by atoms with Gasteiger partial charge in [-0.25, -0.2) is 0 Å². The molecule has 5 rings (SSSR count). The highest BCUT2D eigenvalue weighted by molar-refractivity contribution is 8.22. The zero-order valence-electron chi connectivity index (χ0n) is 17.9. The van der Waals surface area contributed by atoms with Gasteiger partial charge in [0.15, 0.2) is 5.78 Å². The van der Waals surface area contributed by atoms with Crippen LogP contribution in [0.3, 0.4) is 0 Å². The van der Waals surface area contributed by atoms with Crippen LogP contribution in [0.4, 0.5) is 0 Å². The number of thiophene rings is 3. The lowest BCUT2D eigenvalue weighted by Crippen LogP contribution is -2.04. The van der Waals surface area contributed by atoms with Gasteiger partial charge in [-0.15, -0.1) is 34.0 Å². The summed E-state index contributed by atoms with van der Waals surface area (Å²) < 4.78 is 0. The van der Waals surface area contributed by atoms with Crippen molar-refractivity contribution in [1.29, 1.82) is 0 Å². The maximum Gasteiger partial charge on any atom is 0.194 e. The molecule has 160 valence electrons. The molecule has 0 N–H and O–H groups in total. The van der Waals surface area contributed by atoms with Gasteiger partial charge < -0.3 is 0 Å². The molecule has 1 aromatic carbocycles. The monoisotopic (exact) mass is 508 g/mol. The summed E-state index contributed by atoms with van der Waals surface area (Å²) in [5.41, 5.74) is 2.96. The molecule has 0 saturated carbocycles. The Morgan fingerprint density at radius 3 is 1.97 bits per heavy atom. The Hall–Kier alpha value is -1.88. The fourth-order valence-corrected chi connectivity index (χ4v) is 12.2. The van der Waals surface area contributed by atoms with Gasteiger partial charge in [0.05, 0.1) is 0 Å². The van der Waals surface area contributed by atoms with Crippen molar-refractivity contribution in [2.75, 3.05) is 6.66 Å². The molecule has 4 aromatic rings. The molecule has 0 spiro atoms. The Bertz CT molecular complexity index is 1430. The molecule has 1 nitrogen and oxygen atoms in total. The minimum atomic E-state index is -2.17. The summed E-state index contributed by atoms with van der Waals surface area (Å²) in [5, 5.41) is 4.17. The number of benzene rings is 1. The quantitative estimate of drug-likeness (QED) is 0.197. The van der Waals surface area contributed by atoms with Crippen molar-refractivity contribution in [1.82, 2.24) is 0 Å². The van der Waals surface area contributed by atoms with Crippen LogP contribution in [0.25, 0.3) is 24.8 Å². The second-order valence-corrected chi connectivity index (χ2v) is 15.9. The normalized spacial score (nSPS) is 18.6. The second kappa shape index (κ2) is 8.48. The minimum absolute atomic E-state index is 0.0823. The first-order chi connectivity index (χ1) is 15.4. The fraction of sp³-hybridized carbons (Fsp3) is 0.115. The second-order valence-electron chi connectivity index (χ2n) is 7.87. The van der Waals surface area contributed by atoms with Crippen LogP contribution >= 0.6 is 40.0 Å². The number of carbonyl (C=O) groups is 1. The Labute approximate surface area is 205 Å². The summed E-state index contributed by atoms with van der Waals surface area (Å²) in [6.45, 7) is 6.30. The van der Waals surface area contributed by atoms with E-state index in [1.807, 2.05) is 41.7 Å². The molecule has 4 heterocycles. The van der Waals surface area contributed by atoms with E-state index in [-0.39, 0.29) is 5.78 Å². The first-order valence-electron chi connectivity index (χ1n) is 10.2. The van der Waals surface area contributed by atoms with E-state index < -0.39 is 6.04 Å². The van der Waals surface area contributed by atoms with Crippen LogP contribution < -0.4 is 0 Å². The van der Waals surface area contributed by atoms with Gasteiger partial charge in [0.2, 0.25) is 0 Å². The lowest BCUT2D eigenvalue weighted by atomic mass is 10.0. The molecule has 1 aliphatic heterocycles. The van der Waals surface area contributed by atoms with E-state index in [0.717, 1.165) is 16.5 Å². The molecule has 0 amide bonds. The number of hydrogen-bond acceptors (Lipinski definition) is 5. The van der Waals surface area contributed by atoms with E-state index in [0.29, 0.717) is 0 Å². The Morgan fingerprint density at radius 1 is 0.750 bits per heavy atom. The molecule has 6 heteroatoms. The van der Waals surface area contributed by atoms with Crippen LogP contribution in [0.15, 0.2) is 88.6 Å². The third-order valence-electron chi connectivity index (χ3n) is 5.83. The Kier molecular flexibility index (Phi) is 5.81. The molecule has 1 atom stereocenters. The van der Waals surface area contributed by atoms with Gasteiger partial charge in [-0.05, 0) is 67.4 Å². The van der Waals surface area contributed by atoms with Crippen LogP contribution in [0.2, 0.25) is 0 Å². The highest BCUT2D eigenvalue weighted by atomic mass is 32.4. The predicted octanol–water partition coefficient (Wildman–Crippen LogP) is 9.22. The molecule has 3 aromatic heterocycles. The largest absolute Gasteiger partial charge is 0.289 e. The third-order valence-corrected chi connectivity index (χ3v) is 13.3. The molecule has 0 fully saturated rings. The number of carbonyl (C=O) groups excluding carboxylic acids is 1. The summed E-state index contributed by atoms with van der Waals surface area (Å²) in [6, 6.07) is 20.4. The number of Topliss-reactive ketones (excluding diaryl/α,β-unsaturated/α-hetero) is 1. The van der Waals surface area contributed by atoms with E-state index in [1.54, 1.807) is 22.7 Å². The first kappa shape index (κ1) is 21.9. The number of rotatable bonds is 5. The van der Waals surface area contributed by atoms with E-state index in [4.69, 9.17) is 11.8 Å². The first-order valence-corrected chi connectivity index (χ1v) is 16.0. The number of allylic oxidation sites excluding steroid dienone is 3. The molecule has 0 saturated heterocycles. The van der Waals surface area contributed by atoms with Crippen LogP contribution in [0.5, 0.6) is 0 Å². The van der Waals surface area contributed by atoms with Crippen molar-refractivity contribution in [2.45, 2.75) is 13.8 Å². The number of ketones is 1. The zero-order chi connectivity index (χ0) is 22.5. The van der Waals surface area contributed by atoms with Gasteiger partial charge in [0.25, 0.3) is 0 Å². The summed E-state index contributed by atoms with van der Waals surface area (Å²) >= 11 is 11.6. The van der Waals surface area contributed by atoms with E-state index in [1.165, 1.54) is 35.3 Å². The van der Waals surface area contributed by atoms with Crippen LogP contribution in [0, 0.1) is 0 Å². The average molecular weight is 509 g/mol. The van der Waals surface area contributed by atoms with Crippen molar-refractivity contribution < 1.29 is 4.79 Å². The van der Waals surface area contributed by atoms with Gasteiger partial charge in [-0.2, -0.15) is 0 Å². The third kappa shape index (κ3) is 3.67. The van der Waals surface area contributed by atoms with E-state index >= 15 is 0 Å². The summed E-state index contributed by atoms with van der Waals surface area (Å²) in [4.78, 5) is 19.8. The molecule has 32 heavy (non-hydrogen) atoms. The smallest absolute Gasteiger partial charge is 0.194 e. The van der Waals surface area contributed by atoms with Crippen LogP contribution in [0.1, 0.15) is 29.1 Å². The van der Waals surface area contributed by atoms with Crippen molar-refractivity contribution in [3.05, 3.63) is 99.0 Å². The SMILES string of the molecule is CC1=C(C(=O)c2ccccc2)P(C)(=S)C(c2ccc(-c3ccc(-c4cccs4)s3)s2)=C1C. The van der Waals surface area contributed by atoms with Gasteiger partial charge in [0.1, 0.15) is 0 Å². The average Bonchev–Trinajstić information content (AvgIpc) is 3.56. The van der Waals surface area contributed by atoms with Crippen molar-refractivity contribution in [3.63, 3.8) is 0 Å². The molecule has 0 radical (unpaired) electrons. The lowest BCUT2D eigenvalue weighted by molar-refractivity contribution is 0.104. The van der Waals surface area contributed by atoms with E-state index in [9.17, 15) is 4.79 Å². The highest BCUT2D eigenvalue weighted by Gasteiger charge is 2.38. The zero-order valence-corrected chi connectivity index (χ0v) is 22.1. The molecular formula is C26H21OPS4. The van der Waals surface area contributed by atoms with Gasteiger partial charge in [-0.3, -0.25) is 4.79 Å². The minimum Gasteiger partial charge on any atom is -0.289 e.